The minimum atomic E-state index is -3.28. The van der Waals surface area contributed by atoms with Gasteiger partial charge in [-0.15, -0.1) is 0 Å². The summed E-state index contributed by atoms with van der Waals surface area (Å²) in [6, 6.07) is 15.9. The van der Waals surface area contributed by atoms with Gasteiger partial charge in [0.2, 0.25) is 0 Å². The van der Waals surface area contributed by atoms with E-state index in [1.807, 2.05) is 13.0 Å². The molecule has 1 N–H and O–H groups in total. The molecule has 0 aromatic heterocycles. The molecular weight excluding hydrogens is 326 g/mol. The molecule has 0 saturated heterocycles. The van der Waals surface area contributed by atoms with Gasteiger partial charge in [0, 0.05) is 6.54 Å². The van der Waals surface area contributed by atoms with Gasteiger partial charge in [-0.05, 0) is 24.6 Å². The zero-order valence-electron chi connectivity index (χ0n) is 13.6. The lowest BCUT2D eigenvalue weighted by Crippen LogP contribution is -2.29. The molecule has 0 heterocycles. The molecule has 0 unspecified atom stereocenters. The zero-order chi connectivity index (χ0) is 17.4. The Bertz CT molecular complexity index is 773. The number of benzene rings is 2. The van der Waals surface area contributed by atoms with Gasteiger partial charge in [0.15, 0.2) is 9.84 Å². The topological polar surface area (TPSA) is 72.5 Å². The van der Waals surface area contributed by atoms with Crippen LogP contribution in [0.4, 0.5) is 0 Å². The lowest BCUT2D eigenvalue weighted by Gasteiger charge is -2.10. The number of nitrogens with one attached hydrogen (secondary N) is 1. The second-order valence-corrected chi connectivity index (χ2v) is 7.45. The monoisotopic (exact) mass is 347 g/mol. The minimum absolute atomic E-state index is 0.0285. The van der Waals surface area contributed by atoms with Crippen molar-refractivity contribution in [1.82, 2.24) is 5.32 Å². The molecule has 6 heteroatoms. The van der Waals surface area contributed by atoms with E-state index in [1.54, 1.807) is 48.5 Å². The van der Waals surface area contributed by atoms with Gasteiger partial charge in [0.05, 0.1) is 23.7 Å². The number of amides is 1. The second kappa shape index (κ2) is 8.49. The summed E-state index contributed by atoms with van der Waals surface area (Å²) in [7, 11) is -3.28. The summed E-state index contributed by atoms with van der Waals surface area (Å²) in [6.45, 7) is 2.36. The molecule has 128 valence electrons. The summed E-state index contributed by atoms with van der Waals surface area (Å²) in [6.07, 6.45) is 0. The molecule has 0 atom stereocenters. The smallest absolute Gasteiger partial charge is 0.255 e. The molecule has 2 rings (SSSR count). The highest BCUT2D eigenvalue weighted by Crippen LogP contribution is 2.17. The van der Waals surface area contributed by atoms with Crippen molar-refractivity contribution in [2.75, 3.05) is 18.9 Å². The maximum absolute atomic E-state index is 12.2. The number of carbonyl (C=O) groups excluding carboxylic acids is 1. The van der Waals surface area contributed by atoms with Crippen molar-refractivity contribution in [3.05, 3.63) is 65.7 Å². The average Bonchev–Trinajstić information content (AvgIpc) is 2.56. The third kappa shape index (κ3) is 5.38. The summed E-state index contributed by atoms with van der Waals surface area (Å²) in [5.41, 5.74) is 1.14. The summed E-state index contributed by atoms with van der Waals surface area (Å²) in [4.78, 5) is 12.2. The fourth-order valence-corrected chi connectivity index (χ4v) is 3.51. The first-order valence-electron chi connectivity index (χ1n) is 7.76. The van der Waals surface area contributed by atoms with Crippen molar-refractivity contribution in [2.45, 2.75) is 12.7 Å². The minimum Gasteiger partial charge on any atom is -0.493 e. The maximum Gasteiger partial charge on any atom is 0.255 e. The van der Waals surface area contributed by atoms with E-state index in [1.165, 1.54) is 0 Å². The predicted octanol–water partition coefficient (Wildman–Crippen LogP) is 2.43. The Morgan fingerprint density at radius 3 is 2.42 bits per heavy atom. The first kappa shape index (κ1) is 18.0. The molecule has 2 aromatic carbocycles. The highest BCUT2D eigenvalue weighted by atomic mass is 32.2. The normalized spacial score (nSPS) is 11.0. The van der Waals surface area contributed by atoms with Crippen molar-refractivity contribution in [3.63, 3.8) is 0 Å². The van der Waals surface area contributed by atoms with Crippen molar-refractivity contribution >= 4 is 15.7 Å². The van der Waals surface area contributed by atoms with E-state index in [-0.39, 0.29) is 24.0 Å². The number of rotatable bonds is 8. The van der Waals surface area contributed by atoms with Crippen LogP contribution in [0.2, 0.25) is 0 Å². The van der Waals surface area contributed by atoms with Crippen LogP contribution < -0.4 is 10.1 Å². The highest BCUT2D eigenvalue weighted by molar-refractivity contribution is 7.90. The fraction of sp³-hybridized carbons (Fsp3) is 0.278. The van der Waals surface area contributed by atoms with Gasteiger partial charge in [-0.3, -0.25) is 4.79 Å². The first-order valence-corrected chi connectivity index (χ1v) is 9.58. The van der Waals surface area contributed by atoms with Crippen LogP contribution in [-0.2, 0) is 15.6 Å². The third-order valence-corrected chi connectivity index (χ3v) is 4.96. The van der Waals surface area contributed by atoms with Gasteiger partial charge >= 0.3 is 0 Å². The van der Waals surface area contributed by atoms with E-state index in [2.05, 4.69) is 5.32 Å². The van der Waals surface area contributed by atoms with Crippen LogP contribution in [0.1, 0.15) is 22.8 Å². The van der Waals surface area contributed by atoms with Gasteiger partial charge in [0.25, 0.3) is 5.91 Å². The number of ether oxygens (including phenoxy) is 1. The second-order valence-electron chi connectivity index (χ2n) is 5.26. The van der Waals surface area contributed by atoms with Crippen molar-refractivity contribution in [3.8, 4) is 5.75 Å². The molecular formula is C18H21NO4S. The van der Waals surface area contributed by atoms with Crippen LogP contribution in [0.5, 0.6) is 5.75 Å². The molecule has 0 aliphatic rings. The van der Waals surface area contributed by atoms with Crippen LogP contribution in [0.15, 0.2) is 54.6 Å². The first-order chi connectivity index (χ1) is 11.5. The number of sulfone groups is 1. The SMILES string of the molecule is CCOc1ccccc1C(=O)NCCS(=O)(=O)Cc1ccccc1. The number of hydrogen-bond donors (Lipinski definition) is 1. The Morgan fingerprint density at radius 1 is 1.04 bits per heavy atom. The molecule has 0 aliphatic carbocycles. The summed E-state index contributed by atoms with van der Waals surface area (Å²) >= 11 is 0. The van der Waals surface area contributed by atoms with Crippen molar-refractivity contribution in [1.29, 1.82) is 0 Å². The van der Waals surface area contributed by atoms with Gasteiger partial charge in [-0.25, -0.2) is 8.42 Å². The van der Waals surface area contributed by atoms with E-state index >= 15 is 0 Å². The predicted molar refractivity (Wildman–Crippen MR) is 93.9 cm³/mol. The molecule has 0 spiro atoms. The van der Waals surface area contributed by atoms with Crippen LogP contribution in [0.3, 0.4) is 0 Å². The van der Waals surface area contributed by atoms with E-state index in [4.69, 9.17) is 4.74 Å². The molecule has 5 nitrogen and oxygen atoms in total. The molecule has 2 aromatic rings. The van der Waals surface area contributed by atoms with Gasteiger partial charge in [0.1, 0.15) is 5.75 Å². The number of para-hydroxylation sites is 1. The summed E-state index contributed by atoms with van der Waals surface area (Å²) in [5, 5.41) is 2.64. The molecule has 1 amide bonds. The van der Waals surface area contributed by atoms with Crippen molar-refractivity contribution < 1.29 is 17.9 Å². The molecule has 0 radical (unpaired) electrons. The summed E-state index contributed by atoms with van der Waals surface area (Å²) in [5.74, 6) is 0.0162. The highest BCUT2D eigenvalue weighted by Gasteiger charge is 2.15. The van der Waals surface area contributed by atoms with Gasteiger partial charge in [-0.1, -0.05) is 42.5 Å². The largest absolute Gasteiger partial charge is 0.493 e. The van der Waals surface area contributed by atoms with Crippen molar-refractivity contribution in [2.24, 2.45) is 0 Å². The van der Waals surface area contributed by atoms with E-state index in [9.17, 15) is 13.2 Å². The zero-order valence-corrected chi connectivity index (χ0v) is 14.4. The summed E-state index contributed by atoms with van der Waals surface area (Å²) < 4.78 is 29.6. The van der Waals surface area contributed by atoms with Gasteiger partial charge in [-0.2, -0.15) is 0 Å². The lowest BCUT2D eigenvalue weighted by atomic mass is 10.2. The quantitative estimate of drug-likeness (QED) is 0.796. The van der Waals surface area contributed by atoms with E-state index in [0.717, 1.165) is 5.56 Å². The number of carbonyl (C=O) groups is 1. The standard InChI is InChI=1S/C18H21NO4S/c1-2-23-17-11-7-6-10-16(17)18(20)19-12-13-24(21,22)14-15-8-4-3-5-9-15/h3-11H,2,12-14H2,1H3,(H,19,20). The fourth-order valence-electron chi connectivity index (χ4n) is 2.25. The Morgan fingerprint density at radius 2 is 1.71 bits per heavy atom. The Hall–Kier alpha value is -2.34. The molecule has 0 fully saturated rings. The third-order valence-electron chi connectivity index (χ3n) is 3.36. The Labute approximate surface area is 142 Å². The molecule has 0 saturated carbocycles. The van der Waals surface area contributed by atoms with Gasteiger partial charge < -0.3 is 10.1 Å². The molecule has 0 aliphatic heterocycles. The maximum atomic E-state index is 12.2. The molecule has 24 heavy (non-hydrogen) atoms. The van der Waals surface area contributed by atoms with Crippen LogP contribution in [-0.4, -0.2) is 33.2 Å². The van der Waals surface area contributed by atoms with Crippen LogP contribution in [0, 0.1) is 0 Å². The average molecular weight is 347 g/mol. The Balaban J connectivity index is 1.90. The van der Waals surface area contributed by atoms with Crippen LogP contribution in [0.25, 0.3) is 0 Å². The number of hydrogen-bond acceptors (Lipinski definition) is 4. The molecule has 0 bridgehead atoms. The Kier molecular flexibility index (Phi) is 6.37. The lowest BCUT2D eigenvalue weighted by molar-refractivity contribution is 0.0952. The van der Waals surface area contributed by atoms with Crippen LogP contribution >= 0.6 is 0 Å². The van der Waals surface area contributed by atoms with E-state index in [0.29, 0.717) is 17.9 Å². The van der Waals surface area contributed by atoms with E-state index < -0.39 is 9.84 Å².